The largest absolute Gasteiger partial charge is 0.306 e. The quantitative estimate of drug-likeness (QED) is 0.693. The van der Waals surface area contributed by atoms with Gasteiger partial charge in [-0.1, -0.05) is 12.8 Å². The van der Waals surface area contributed by atoms with Crippen LogP contribution in [0.25, 0.3) is 0 Å². The summed E-state index contributed by atoms with van der Waals surface area (Å²) < 4.78 is 0. The minimum Gasteiger partial charge on any atom is -0.306 e. The molecule has 0 saturated carbocycles. The highest BCUT2D eigenvalue weighted by atomic mass is 15.3. The van der Waals surface area contributed by atoms with Crippen molar-refractivity contribution in [2.75, 3.05) is 52.9 Å². The summed E-state index contributed by atoms with van der Waals surface area (Å²) in [6.07, 6.45) is 7.19. The minimum atomic E-state index is 0.724. The SMILES string of the molecule is CC(C)N1CCN(CCCCC2CCN(C)CC2)CC1. The molecule has 3 nitrogen and oxygen atoms in total. The number of rotatable bonds is 6. The third-order valence-electron chi connectivity index (χ3n) is 5.31. The molecule has 0 aromatic heterocycles. The molecule has 0 spiro atoms. The van der Waals surface area contributed by atoms with Crippen LogP contribution >= 0.6 is 0 Å². The number of hydrogen-bond donors (Lipinski definition) is 0. The second-order valence-corrected chi connectivity index (χ2v) is 7.21. The Balaban J connectivity index is 1.49. The molecule has 0 atom stereocenters. The highest BCUT2D eigenvalue weighted by Gasteiger charge is 2.19. The number of piperazine rings is 1. The third-order valence-corrected chi connectivity index (χ3v) is 5.31. The van der Waals surface area contributed by atoms with E-state index in [2.05, 4.69) is 35.6 Å². The van der Waals surface area contributed by atoms with Gasteiger partial charge in [-0.3, -0.25) is 4.90 Å². The lowest BCUT2D eigenvalue weighted by Crippen LogP contribution is -2.48. The van der Waals surface area contributed by atoms with Crippen LogP contribution in [-0.2, 0) is 0 Å². The van der Waals surface area contributed by atoms with Gasteiger partial charge in [-0.05, 0) is 65.7 Å². The Morgan fingerprint density at radius 3 is 2.15 bits per heavy atom. The summed E-state index contributed by atoms with van der Waals surface area (Å²) in [5, 5.41) is 0. The van der Waals surface area contributed by atoms with Crippen molar-refractivity contribution in [3.05, 3.63) is 0 Å². The molecule has 2 fully saturated rings. The van der Waals surface area contributed by atoms with E-state index in [0.717, 1.165) is 12.0 Å². The third kappa shape index (κ3) is 5.34. The fourth-order valence-corrected chi connectivity index (χ4v) is 3.62. The average Bonchev–Trinajstić information content (AvgIpc) is 2.46. The molecule has 0 aliphatic carbocycles. The molecular formula is C17H35N3. The van der Waals surface area contributed by atoms with Crippen LogP contribution in [0.4, 0.5) is 0 Å². The first kappa shape index (κ1) is 16.3. The van der Waals surface area contributed by atoms with Gasteiger partial charge in [-0.25, -0.2) is 0 Å². The van der Waals surface area contributed by atoms with Crippen LogP contribution in [0.15, 0.2) is 0 Å². The Morgan fingerprint density at radius 2 is 1.55 bits per heavy atom. The highest BCUT2D eigenvalue weighted by Crippen LogP contribution is 2.21. The normalized spacial score (nSPS) is 24.6. The van der Waals surface area contributed by atoms with E-state index >= 15 is 0 Å². The monoisotopic (exact) mass is 281 g/mol. The van der Waals surface area contributed by atoms with E-state index in [1.165, 1.54) is 77.9 Å². The van der Waals surface area contributed by atoms with Crippen molar-refractivity contribution < 1.29 is 0 Å². The van der Waals surface area contributed by atoms with Crippen LogP contribution in [0.5, 0.6) is 0 Å². The summed E-state index contributed by atoms with van der Waals surface area (Å²) in [6, 6.07) is 0.724. The van der Waals surface area contributed by atoms with Gasteiger partial charge in [-0.2, -0.15) is 0 Å². The van der Waals surface area contributed by atoms with Gasteiger partial charge in [0.1, 0.15) is 0 Å². The van der Waals surface area contributed by atoms with Gasteiger partial charge in [0.05, 0.1) is 0 Å². The first-order valence-corrected chi connectivity index (χ1v) is 8.80. The molecule has 2 saturated heterocycles. The Morgan fingerprint density at radius 1 is 0.900 bits per heavy atom. The Kier molecular flexibility index (Phi) is 6.79. The van der Waals surface area contributed by atoms with Crippen LogP contribution in [-0.4, -0.2) is 73.6 Å². The summed E-state index contributed by atoms with van der Waals surface area (Å²) in [4.78, 5) is 7.76. The second kappa shape index (κ2) is 8.35. The van der Waals surface area contributed by atoms with Crippen LogP contribution in [0.2, 0.25) is 0 Å². The van der Waals surface area contributed by atoms with E-state index in [4.69, 9.17) is 0 Å². The Hall–Kier alpha value is -0.120. The van der Waals surface area contributed by atoms with Gasteiger partial charge in [0.15, 0.2) is 0 Å². The van der Waals surface area contributed by atoms with E-state index in [1.807, 2.05) is 0 Å². The maximum atomic E-state index is 2.67. The first-order valence-electron chi connectivity index (χ1n) is 8.80. The number of unbranched alkanes of at least 4 members (excludes halogenated alkanes) is 1. The smallest absolute Gasteiger partial charge is 0.0113 e. The molecular weight excluding hydrogens is 246 g/mol. The van der Waals surface area contributed by atoms with E-state index in [0.29, 0.717) is 0 Å². The zero-order chi connectivity index (χ0) is 14.4. The van der Waals surface area contributed by atoms with E-state index in [1.54, 1.807) is 0 Å². The van der Waals surface area contributed by atoms with Crippen molar-refractivity contribution in [2.24, 2.45) is 5.92 Å². The van der Waals surface area contributed by atoms with Crippen LogP contribution in [0.1, 0.15) is 46.0 Å². The maximum absolute atomic E-state index is 2.67. The van der Waals surface area contributed by atoms with Crippen molar-refractivity contribution in [2.45, 2.75) is 52.0 Å². The fraction of sp³-hybridized carbons (Fsp3) is 1.00. The van der Waals surface area contributed by atoms with Gasteiger partial charge in [-0.15, -0.1) is 0 Å². The molecule has 2 heterocycles. The molecule has 0 N–H and O–H groups in total. The van der Waals surface area contributed by atoms with Crippen molar-refractivity contribution in [3.63, 3.8) is 0 Å². The molecule has 3 heteroatoms. The molecule has 2 rings (SSSR count). The van der Waals surface area contributed by atoms with Gasteiger partial charge in [0.2, 0.25) is 0 Å². The first-order chi connectivity index (χ1) is 9.65. The molecule has 2 aliphatic heterocycles. The van der Waals surface area contributed by atoms with Crippen molar-refractivity contribution >= 4 is 0 Å². The summed E-state index contributed by atoms with van der Waals surface area (Å²) in [7, 11) is 2.26. The van der Waals surface area contributed by atoms with Gasteiger partial charge >= 0.3 is 0 Å². The van der Waals surface area contributed by atoms with Gasteiger partial charge in [0, 0.05) is 32.2 Å². The molecule has 0 amide bonds. The standard InChI is InChI=1S/C17H35N3/c1-16(2)20-14-12-19(13-15-20)9-5-4-6-17-7-10-18(3)11-8-17/h16-17H,4-15H2,1-3H3. The van der Waals surface area contributed by atoms with E-state index in [9.17, 15) is 0 Å². The minimum absolute atomic E-state index is 0.724. The zero-order valence-corrected chi connectivity index (χ0v) is 14.0. The van der Waals surface area contributed by atoms with Crippen LogP contribution in [0.3, 0.4) is 0 Å². The van der Waals surface area contributed by atoms with Crippen LogP contribution < -0.4 is 0 Å². The lowest BCUT2D eigenvalue weighted by molar-refractivity contribution is 0.106. The predicted octanol–water partition coefficient (Wildman–Crippen LogP) is 2.52. The maximum Gasteiger partial charge on any atom is 0.0113 e. The highest BCUT2D eigenvalue weighted by molar-refractivity contribution is 4.75. The van der Waals surface area contributed by atoms with Crippen LogP contribution in [0, 0.1) is 5.92 Å². The number of nitrogens with zero attached hydrogens (tertiary/aromatic N) is 3. The summed E-state index contributed by atoms with van der Waals surface area (Å²) in [5.41, 5.74) is 0. The topological polar surface area (TPSA) is 9.72 Å². The van der Waals surface area contributed by atoms with E-state index < -0.39 is 0 Å². The molecule has 0 bridgehead atoms. The predicted molar refractivity (Wildman–Crippen MR) is 87.2 cm³/mol. The second-order valence-electron chi connectivity index (χ2n) is 7.21. The molecule has 0 aromatic rings. The molecule has 0 radical (unpaired) electrons. The number of likely N-dealkylation sites (tertiary alicyclic amines) is 1. The fourth-order valence-electron chi connectivity index (χ4n) is 3.62. The summed E-state index contributed by atoms with van der Waals surface area (Å²) in [6.45, 7) is 13.7. The molecule has 118 valence electrons. The Labute approximate surface area is 126 Å². The molecule has 2 aliphatic rings. The summed E-state index contributed by atoms with van der Waals surface area (Å²) >= 11 is 0. The molecule has 20 heavy (non-hydrogen) atoms. The van der Waals surface area contributed by atoms with E-state index in [-0.39, 0.29) is 0 Å². The average molecular weight is 281 g/mol. The molecule has 0 unspecified atom stereocenters. The number of piperidine rings is 1. The van der Waals surface area contributed by atoms with Crippen molar-refractivity contribution in [1.29, 1.82) is 0 Å². The zero-order valence-electron chi connectivity index (χ0n) is 14.0. The lowest BCUT2D eigenvalue weighted by Gasteiger charge is -2.37. The molecule has 0 aromatic carbocycles. The Bertz CT molecular complexity index is 251. The van der Waals surface area contributed by atoms with Gasteiger partial charge < -0.3 is 9.80 Å². The van der Waals surface area contributed by atoms with Gasteiger partial charge in [0.25, 0.3) is 0 Å². The van der Waals surface area contributed by atoms with Crippen molar-refractivity contribution in [3.8, 4) is 0 Å². The van der Waals surface area contributed by atoms with Crippen molar-refractivity contribution in [1.82, 2.24) is 14.7 Å². The number of hydrogen-bond acceptors (Lipinski definition) is 3. The summed E-state index contributed by atoms with van der Waals surface area (Å²) in [5.74, 6) is 1.02. The lowest BCUT2D eigenvalue weighted by atomic mass is 9.92.